The van der Waals surface area contributed by atoms with E-state index < -0.39 is 0 Å². The highest BCUT2D eigenvalue weighted by Gasteiger charge is 2.21. The Morgan fingerprint density at radius 1 is 0.468 bits per heavy atom. The monoisotopic (exact) mass is 617 g/mol. The summed E-state index contributed by atoms with van der Waals surface area (Å²) in [7, 11) is 0. The molecule has 10 rings (SSSR count). The molecule has 0 atom stereocenters. The molecule has 0 aliphatic carbocycles. The Labute approximate surface area is 275 Å². The molecule has 3 heteroatoms. The van der Waals surface area contributed by atoms with Crippen LogP contribution in [0.2, 0.25) is 0 Å². The maximum absolute atomic E-state index is 6.62. The molecule has 0 saturated carbocycles. The maximum atomic E-state index is 6.62. The van der Waals surface area contributed by atoms with Gasteiger partial charge in [-0.05, 0) is 75.8 Å². The number of anilines is 3. The van der Waals surface area contributed by atoms with Crippen LogP contribution in [0.1, 0.15) is 0 Å². The molecule has 0 radical (unpaired) electrons. The fourth-order valence-corrected chi connectivity index (χ4v) is 8.47. The summed E-state index contributed by atoms with van der Waals surface area (Å²) in [5.41, 5.74) is 7.57. The van der Waals surface area contributed by atoms with Crippen molar-refractivity contribution in [3.05, 3.63) is 164 Å². The van der Waals surface area contributed by atoms with Gasteiger partial charge >= 0.3 is 0 Å². The SMILES string of the molecule is c1ccc2cc(N(c3ccc(-c4cccc5c4sc4ccccc45)cc3)c3cccc4oc5c6ccccc6ccc5c34)ccc2c1. The standard InChI is InChI=1S/C44H27NOS/c1-2-11-31-27-33(25-19-28(31)9-1)45(39-16-8-17-40-42(39)38-26-22-29-10-3-4-12-34(29)43(38)46-40)32-23-20-30(21-24-32)35-14-7-15-37-36-13-5-6-18-41(36)47-44(35)37/h1-27H. The molecule has 0 unspecified atom stereocenters. The lowest BCUT2D eigenvalue weighted by molar-refractivity contribution is 0.672. The first kappa shape index (κ1) is 26.3. The van der Waals surface area contributed by atoms with Gasteiger partial charge in [-0.15, -0.1) is 11.3 Å². The van der Waals surface area contributed by atoms with Crippen molar-refractivity contribution in [1.82, 2.24) is 0 Å². The van der Waals surface area contributed by atoms with E-state index in [0.29, 0.717) is 0 Å². The molecule has 0 spiro atoms. The molecule has 0 bridgehead atoms. The topological polar surface area (TPSA) is 16.4 Å². The van der Waals surface area contributed by atoms with E-state index in [4.69, 9.17) is 4.42 Å². The Morgan fingerprint density at radius 2 is 1.17 bits per heavy atom. The molecule has 8 aromatic carbocycles. The predicted octanol–water partition coefficient (Wildman–Crippen LogP) is 13.4. The highest BCUT2D eigenvalue weighted by Crippen LogP contribution is 2.46. The molecule has 0 N–H and O–H groups in total. The first-order valence-electron chi connectivity index (χ1n) is 15.9. The first-order chi connectivity index (χ1) is 23.3. The molecule has 10 aromatic rings. The van der Waals surface area contributed by atoms with Gasteiger partial charge in [-0.3, -0.25) is 0 Å². The van der Waals surface area contributed by atoms with E-state index in [2.05, 4.69) is 169 Å². The van der Waals surface area contributed by atoms with Crippen LogP contribution in [-0.4, -0.2) is 0 Å². The van der Waals surface area contributed by atoms with Crippen molar-refractivity contribution in [1.29, 1.82) is 0 Å². The Morgan fingerprint density at radius 3 is 2.06 bits per heavy atom. The molecule has 0 amide bonds. The van der Waals surface area contributed by atoms with Gasteiger partial charge in [-0.1, -0.05) is 115 Å². The summed E-state index contributed by atoms with van der Waals surface area (Å²) in [5, 5.41) is 9.60. The van der Waals surface area contributed by atoms with Crippen LogP contribution in [-0.2, 0) is 0 Å². The lowest BCUT2D eigenvalue weighted by Gasteiger charge is -2.27. The zero-order valence-corrected chi connectivity index (χ0v) is 26.2. The Hall–Kier alpha value is -5.90. The van der Waals surface area contributed by atoms with Crippen molar-refractivity contribution in [2.75, 3.05) is 4.90 Å². The molecule has 0 fully saturated rings. The van der Waals surface area contributed by atoms with E-state index in [1.54, 1.807) is 0 Å². The fourth-order valence-electron chi connectivity index (χ4n) is 7.23. The van der Waals surface area contributed by atoms with Gasteiger partial charge in [-0.2, -0.15) is 0 Å². The minimum absolute atomic E-state index is 0.882. The molecule has 0 aliphatic rings. The van der Waals surface area contributed by atoms with E-state index in [1.807, 2.05) is 11.3 Å². The van der Waals surface area contributed by atoms with Crippen molar-refractivity contribution in [3.63, 3.8) is 0 Å². The van der Waals surface area contributed by atoms with Gasteiger partial charge in [0.2, 0.25) is 0 Å². The fraction of sp³-hybridized carbons (Fsp3) is 0. The summed E-state index contributed by atoms with van der Waals surface area (Å²) in [4.78, 5) is 2.38. The number of benzene rings is 8. The third-order valence-corrected chi connectivity index (χ3v) is 10.7. The normalized spacial score (nSPS) is 11.8. The molecule has 0 aliphatic heterocycles. The van der Waals surface area contributed by atoms with Crippen LogP contribution in [0.5, 0.6) is 0 Å². The molecule has 220 valence electrons. The highest BCUT2D eigenvalue weighted by molar-refractivity contribution is 7.26. The van der Waals surface area contributed by atoms with E-state index >= 15 is 0 Å². The first-order valence-corrected chi connectivity index (χ1v) is 16.7. The summed E-state index contributed by atoms with van der Waals surface area (Å²) in [5.74, 6) is 0. The van der Waals surface area contributed by atoms with Crippen molar-refractivity contribution < 1.29 is 4.42 Å². The van der Waals surface area contributed by atoms with E-state index in [-0.39, 0.29) is 0 Å². The zero-order valence-electron chi connectivity index (χ0n) is 25.4. The summed E-state index contributed by atoms with van der Waals surface area (Å²) in [6, 6.07) is 59.0. The van der Waals surface area contributed by atoms with Gasteiger partial charge in [0.25, 0.3) is 0 Å². The number of rotatable bonds is 4. The molecule has 2 heterocycles. The average Bonchev–Trinajstić information content (AvgIpc) is 3.71. The minimum Gasteiger partial charge on any atom is -0.455 e. The number of thiophene rings is 1. The lowest BCUT2D eigenvalue weighted by atomic mass is 10.0. The lowest BCUT2D eigenvalue weighted by Crippen LogP contribution is -2.10. The molecular formula is C44H27NOS. The van der Waals surface area contributed by atoms with Gasteiger partial charge < -0.3 is 9.32 Å². The third-order valence-electron chi connectivity index (χ3n) is 9.44. The van der Waals surface area contributed by atoms with E-state index in [0.717, 1.165) is 44.4 Å². The minimum atomic E-state index is 0.882. The molecule has 0 saturated heterocycles. The van der Waals surface area contributed by atoms with Crippen molar-refractivity contribution >= 4 is 92.1 Å². The summed E-state index contributed by atoms with van der Waals surface area (Å²) in [6.45, 7) is 0. The van der Waals surface area contributed by atoms with Crippen LogP contribution in [0.3, 0.4) is 0 Å². The Kier molecular flexibility index (Phi) is 5.78. The molecule has 2 aromatic heterocycles. The van der Waals surface area contributed by atoms with E-state index in [9.17, 15) is 0 Å². The molecular weight excluding hydrogens is 591 g/mol. The van der Waals surface area contributed by atoms with Crippen molar-refractivity contribution in [2.45, 2.75) is 0 Å². The quantitative estimate of drug-likeness (QED) is 0.195. The maximum Gasteiger partial charge on any atom is 0.143 e. The summed E-state index contributed by atoms with van der Waals surface area (Å²) < 4.78 is 9.27. The van der Waals surface area contributed by atoms with Crippen LogP contribution in [0.15, 0.2) is 168 Å². The average molecular weight is 618 g/mol. The van der Waals surface area contributed by atoms with Gasteiger partial charge in [0.05, 0.1) is 11.1 Å². The second-order valence-electron chi connectivity index (χ2n) is 12.1. The second-order valence-corrected chi connectivity index (χ2v) is 13.2. The van der Waals surface area contributed by atoms with Crippen molar-refractivity contribution in [2.24, 2.45) is 0 Å². The largest absolute Gasteiger partial charge is 0.455 e. The van der Waals surface area contributed by atoms with Crippen LogP contribution in [0.4, 0.5) is 17.1 Å². The van der Waals surface area contributed by atoms with Crippen LogP contribution < -0.4 is 4.90 Å². The molecule has 2 nitrogen and oxygen atoms in total. The number of furan rings is 1. The number of hydrogen-bond acceptors (Lipinski definition) is 3. The van der Waals surface area contributed by atoms with Gasteiger partial charge in [0.1, 0.15) is 11.2 Å². The third kappa shape index (κ3) is 4.10. The van der Waals surface area contributed by atoms with Gasteiger partial charge in [-0.25, -0.2) is 0 Å². The second kappa shape index (κ2) is 10.3. The predicted molar refractivity (Wildman–Crippen MR) is 202 cm³/mol. The zero-order chi connectivity index (χ0) is 30.9. The van der Waals surface area contributed by atoms with Crippen molar-refractivity contribution in [3.8, 4) is 11.1 Å². The smallest absolute Gasteiger partial charge is 0.143 e. The highest BCUT2D eigenvalue weighted by atomic mass is 32.1. The Balaban J connectivity index is 1.19. The van der Waals surface area contributed by atoms with Crippen LogP contribution in [0, 0.1) is 0 Å². The Bertz CT molecular complexity index is 2810. The van der Waals surface area contributed by atoms with Gasteiger partial charge in [0, 0.05) is 42.3 Å². The van der Waals surface area contributed by atoms with Gasteiger partial charge in [0.15, 0.2) is 0 Å². The van der Waals surface area contributed by atoms with Crippen LogP contribution >= 0.6 is 11.3 Å². The number of fused-ring (bicyclic) bond motifs is 9. The van der Waals surface area contributed by atoms with E-state index in [1.165, 1.54) is 47.5 Å². The summed E-state index contributed by atoms with van der Waals surface area (Å²) >= 11 is 1.87. The number of nitrogens with zero attached hydrogens (tertiary/aromatic N) is 1. The van der Waals surface area contributed by atoms with Crippen LogP contribution in [0.25, 0.3) is 74.8 Å². The summed E-state index contributed by atoms with van der Waals surface area (Å²) in [6.07, 6.45) is 0. The number of hydrogen-bond donors (Lipinski definition) is 0. The molecule has 47 heavy (non-hydrogen) atoms.